The zero-order valence-electron chi connectivity index (χ0n) is 21.6. The van der Waals surface area contributed by atoms with Gasteiger partial charge in [0.2, 0.25) is 11.8 Å². The summed E-state index contributed by atoms with van der Waals surface area (Å²) >= 11 is 3.09. The Morgan fingerprint density at radius 1 is 0.919 bits per heavy atom. The number of aromatic nitrogens is 2. The molecule has 198 valence electrons. The first-order chi connectivity index (χ1) is 18.0. The van der Waals surface area contributed by atoms with Gasteiger partial charge in [-0.25, -0.2) is 9.97 Å². The first-order valence-corrected chi connectivity index (χ1v) is 15.4. The zero-order chi connectivity index (χ0) is 25.4. The predicted molar refractivity (Wildman–Crippen MR) is 152 cm³/mol. The van der Waals surface area contributed by atoms with Crippen LogP contribution in [-0.4, -0.2) is 70.3 Å². The van der Waals surface area contributed by atoms with Crippen LogP contribution >= 0.6 is 22.7 Å². The number of benzene rings is 1. The smallest absolute Gasteiger partial charge is 0.242 e. The van der Waals surface area contributed by atoms with Crippen molar-refractivity contribution in [2.45, 2.75) is 70.8 Å². The molecular formula is C27H36N6O2S2. The van der Waals surface area contributed by atoms with E-state index < -0.39 is 0 Å². The summed E-state index contributed by atoms with van der Waals surface area (Å²) in [6.45, 7) is 5.92. The fourth-order valence-electron chi connectivity index (χ4n) is 6.27. The molecule has 1 saturated heterocycles. The normalized spacial score (nSPS) is 19.9. The first-order valence-electron chi connectivity index (χ1n) is 13.8. The number of amides is 2. The van der Waals surface area contributed by atoms with E-state index in [0.717, 1.165) is 76.2 Å². The van der Waals surface area contributed by atoms with Gasteiger partial charge in [0, 0.05) is 44.2 Å². The van der Waals surface area contributed by atoms with Gasteiger partial charge in [0.15, 0.2) is 10.3 Å². The van der Waals surface area contributed by atoms with Crippen LogP contribution in [0.15, 0.2) is 6.07 Å². The van der Waals surface area contributed by atoms with Crippen LogP contribution in [0.1, 0.15) is 63.4 Å². The second-order valence-electron chi connectivity index (χ2n) is 10.8. The topological polar surface area (TPSA) is 90.5 Å². The molecule has 2 saturated carbocycles. The van der Waals surface area contributed by atoms with Crippen LogP contribution in [0, 0.1) is 12.8 Å². The van der Waals surface area contributed by atoms with E-state index in [4.69, 9.17) is 9.97 Å². The van der Waals surface area contributed by atoms with E-state index in [-0.39, 0.29) is 18.4 Å². The molecule has 0 bridgehead atoms. The molecule has 2 aromatic heterocycles. The fourth-order valence-corrected chi connectivity index (χ4v) is 8.29. The molecule has 0 atom stereocenters. The number of aryl methyl sites for hydroxylation is 1. The van der Waals surface area contributed by atoms with Crippen LogP contribution in [0.2, 0.25) is 0 Å². The Morgan fingerprint density at radius 2 is 1.54 bits per heavy atom. The number of carbonyl (C=O) groups is 2. The number of rotatable bonds is 7. The van der Waals surface area contributed by atoms with Gasteiger partial charge in [-0.1, -0.05) is 48.4 Å². The van der Waals surface area contributed by atoms with Crippen molar-refractivity contribution in [3.8, 4) is 0 Å². The lowest BCUT2D eigenvalue weighted by molar-refractivity contribution is -0.131. The second kappa shape index (κ2) is 10.8. The van der Waals surface area contributed by atoms with Crippen LogP contribution in [0.4, 0.5) is 10.3 Å². The number of nitrogens with one attached hydrogen (secondary N) is 2. The summed E-state index contributed by atoms with van der Waals surface area (Å²) in [4.78, 5) is 39.4. The highest BCUT2D eigenvalue weighted by molar-refractivity contribution is 7.24. The molecule has 2 aliphatic carbocycles. The monoisotopic (exact) mass is 540 g/mol. The van der Waals surface area contributed by atoms with Gasteiger partial charge in [0.05, 0.1) is 27.0 Å². The van der Waals surface area contributed by atoms with Gasteiger partial charge in [-0.05, 0) is 44.6 Å². The highest BCUT2D eigenvalue weighted by Gasteiger charge is 2.28. The molecule has 1 aromatic carbocycles. The van der Waals surface area contributed by atoms with Crippen molar-refractivity contribution in [3.63, 3.8) is 0 Å². The van der Waals surface area contributed by atoms with E-state index in [0.29, 0.717) is 17.5 Å². The Morgan fingerprint density at radius 3 is 2.24 bits per heavy atom. The molecule has 6 rings (SSSR count). The second-order valence-corrected chi connectivity index (χ2v) is 12.9. The van der Waals surface area contributed by atoms with Crippen LogP contribution in [0.3, 0.4) is 0 Å². The van der Waals surface area contributed by atoms with Gasteiger partial charge in [0.1, 0.15) is 0 Å². The number of hydrogen-bond acceptors (Lipinski definition) is 8. The van der Waals surface area contributed by atoms with Crippen LogP contribution in [0.25, 0.3) is 20.4 Å². The third-order valence-corrected chi connectivity index (χ3v) is 10.3. The molecule has 3 heterocycles. The molecule has 8 nitrogen and oxygen atoms in total. The van der Waals surface area contributed by atoms with Gasteiger partial charge in [0.25, 0.3) is 0 Å². The molecule has 0 unspecified atom stereocenters. The minimum atomic E-state index is 0.0691. The number of thiazole rings is 2. The summed E-state index contributed by atoms with van der Waals surface area (Å²) in [5, 5.41) is 7.72. The van der Waals surface area contributed by atoms with Crippen molar-refractivity contribution in [1.82, 2.24) is 19.8 Å². The molecule has 2 amide bonds. The Labute approximate surface area is 225 Å². The number of fused-ring (bicyclic) bond motifs is 2. The molecule has 3 aliphatic rings. The minimum absolute atomic E-state index is 0.0691. The molecule has 37 heavy (non-hydrogen) atoms. The van der Waals surface area contributed by atoms with E-state index in [9.17, 15) is 9.59 Å². The Kier molecular flexibility index (Phi) is 7.31. The third-order valence-electron chi connectivity index (χ3n) is 8.37. The molecule has 0 radical (unpaired) electrons. The fraction of sp³-hybridized carbons (Fsp3) is 0.630. The largest absolute Gasteiger partial charge is 0.352 e. The number of hydrogen-bond donors (Lipinski definition) is 2. The maximum absolute atomic E-state index is 12.8. The summed E-state index contributed by atoms with van der Waals surface area (Å²) in [6, 6.07) is 2.84. The summed E-state index contributed by atoms with van der Waals surface area (Å²) in [5.41, 5.74) is 2.81. The van der Waals surface area contributed by atoms with Crippen LogP contribution < -0.4 is 10.6 Å². The average molecular weight is 541 g/mol. The lowest BCUT2D eigenvalue weighted by Gasteiger charge is -2.38. The van der Waals surface area contributed by atoms with E-state index in [1.165, 1.54) is 49.9 Å². The third kappa shape index (κ3) is 5.47. The number of anilines is 2. The van der Waals surface area contributed by atoms with E-state index in [1.54, 1.807) is 11.3 Å². The maximum Gasteiger partial charge on any atom is 0.242 e. The van der Waals surface area contributed by atoms with Crippen molar-refractivity contribution >= 4 is 65.2 Å². The number of carbonyl (C=O) groups excluding carboxylic acids is 2. The summed E-state index contributed by atoms with van der Waals surface area (Å²) in [5.74, 6) is 0.729. The lowest BCUT2D eigenvalue weighted by atomic mass is 10.0. The zero-order valence-corrected chi connectivity index (χ0v) is 23.2. The number of piperazine rings is 1. The quantitative estimate of drug-likeness (QED) is 0.426. The van der Waals surface area contributed by atoms with Crippen LogP contribution in [-0.2, 0) is 9.59 Å². The van der Waals surface area contributed by atoms with Gasteiger partial charge in [-0.15, -0.1) is 0 Å². The van der Waals surface area contributed by atoms with E-state index in [2.05, 4.69) is 21.6 Å². The molecule has 2 N–H and O–H groups in total. The summed E-state index contributed by atoms with van der Waals surface area (Å²) in [7, 11) is 0. The minimum Gasteiger partial charge on any atom is -0.352 e. The van der Waals surface area contributed by atoms with Gasteiger partial charge in [-0.3, -0.25) is 14.5 Å². The van der Waals surface area contributed by atoms with Crippen molar-refractivity contribution in [3.05, 3.63) is 11.6 Å². The molecule has 0 spiro atoms. The first kappa shape index (κ1) is 25.0. The summed E-state index contributed by atoms with van der Waals surface area (Å²) in [6.07, 6.45) is 10.7. The standard InChI is InChI=1S/C27H36N6O2S2/c1-17-24-20(15-21-25(17)31-27(37-21)29-22(34)14-18-6-2-3-7-18)36-26(30-24)28-16-23(35)33-12-10-32(11-13-33)19-8-4-5-9-19/h15,18-19H,2-14,16H2,1H3,(H,28,30)(H,29,31,34). The van der Waals surface area contributed by atoms with Gasteiger partial charge >= 0.3 is 0 Å². The van der Waals surface area contributed by atoms with Gasteiger partial charge < -0.3 is 15.5 Å². The van der Waals surface area contributed by atoms with Gasteiger partial charge in [-0.2, -0.15) is 0 Å². The highest BCUT2D eigenvalue weighted by Crippen LogP contribution is 2.37. The Bertz CT molecular complexity index is 1280. The van der Waals surface area contributed by atoms with Crippen molar-refractivity contribution in [2.24, 2.45) is 5.92 Å². The van der Waals surface area contributed by atoms with Crippen molar-refractivity contribution < 1.29 is 9.59 Å². The average Bonchev–Trinajstić information content (AvgIpc) is 3.70. The predicted octanol–water partition coefficient (Wildman–Crippen LogP) is 5.23. The summed E-state index contributed by atoms with van der Waals surface area (Å²) < 4.78 is 2.12. The molecule has 1 aliphatic heterocycles. The molecule has 3 aromatic rings. The van der Waals surface area contributed by atoms with E-state index >= 15 is 0 Å². The maximum atomic E-state index is 12.8. The Hall–Kier alpha value is -2.30. The van der Waals surface area contributed by atoms with Crippen molar-refractivity contribution in [1.29, 1.82) is 0 Å². The van der Waals surface area contributed by atoms with Crippen molar-refractivity contribution in [2.75, 3.05) is 43.4 Å². The number of nitrogens with zero attached hydrogens (tertiary/aromatic N) is 4. The highest BCUT2D eigenvalue weighted by atomic mass is 32.1. The van der Waals surface area contributed by atoms with Crippen LogP contribution in [0.5, 0.6) is 0 Å². The lowest BCUT2D eigenvalue weighted by Crippen LogP contribution is -2.52. The Balaban J connectivity index is 1.06. The van der Waals surface area contributed by atoms with E-state index in [1.807, 2.05) is 11.8 Å². The molecular weight excluding hydrogens is 504 g/mol. The SMILES string of the molecule is Cc1c2nc(NCC(=O)N3CCN(C4CCCC4)CC3)sc2cc2sc(NC(=O)CC3CCCC3)nc12. The molecule has 3 fully saturated rings. The molecule has 10 heteroatoms.